The first-order valence-electron chi connectivity index (χ1n) is 6.38. The molecule has 1 aliphatic heterocycles. The van der Waals surface area contributed by atoms with Crippen molar-refractivity contribution >= 4 is 15.9 Å². The van der Waals surface area contributed by atoms with Crippen LogP contribution in [0.5, 0.6) is 5.75 Å². The van der Waals surface area contributed by atoms with E-state index in [1.807, 2.05) is 12.1 Å². The highest BCUT2D eigenvalue weighted by Gasteiger charge is 2.21. The number of likely N-dealkylation sites (tertiary alicyclic amines) is 1. The van der Waals surface area contributed by atoms with Crippen molar-refractivity contribution in [2.75, 3.05) is 13.1 Å². The van der Waals surface area contributed by atoms with E-state index in [4.69, 9.17) is 0 Å². The minimum absolute atomic E-state index is 0.319. The first-order valence-corrected chi connectivity index (χ1v) is 7.18. The zero-order chi connectivity index (χ0) is 12.3. The number of hydrogen-bond acceptors (Lipinski definition) is 2. The van der Waals surface area contributed by atoms with Crippen molar-refractivity contribution in [1.29, 1.82) is 0 Å². The Morgan fingerprint density at radius 2 is 2.29 bits per heavy atom. The van der Waals surface area contributed by atoms with Crippen LogP contribution < -0.4 is 0 Å². The average Bonchev–Trinajstić information content (AvgIpc) is 2.72. The van der Waals surface area contributed by atoms with Crippen molar-refractivity contribution in [3.05, 3.63) is 28.2 Å². The lowest BCUT2D eigenvalue weighted by Crippen LogP contribution is -2.20. The van der Waals surface area contributed by atoms with Gasteiger partial charge in [0.1, 0.15) is 5.75 Å². The van der Waals surface area contributed by atoms with E-state index in [0.717, 1.165) is 16.9 Å². The molecule has 1 N–H and O–H groups in total. The third-order valence-corrected chi connectivity index (χ3v) is 4.12. The van der Waals surface area contributed by atoms with Gasteiger partial charge < -0.3 is 5.11 Å². The molecule has 1 saturated heterocycles. The minimum atomic E-state index is 0.319. The molecule has 0 bridgehead atoms. The van der Waals surface area contributed by atoms with Crippen LogP contribution in [0, 0.1) is 5.92 Å². The molecule has 1 unspecified atom stereocenters. The standard InChI is InChI=1S/C14H20BrNO/c1-2-3-11-6-7-16(9-11)10-12-4-5-14(17)13(15)8-12/h4-5,8,11,17H,2-3,6-7,9-10H2,1H3. The summed E-state index contributed by atoms with van der Waals surface area (Å²) in [6.07, 6.45) is 3.99. The smallest absolute Gasteiger partial charge is 0.129 e. The van der Waals surface area contributed by atoms with Crippen molar-refractivity contribution in [3.63, 3.8) is 0 Å². The summed E-state index contributed by atoms with van der Waals surface area (Å²) in [5.41, 5.74) is 1.27. The second kappa shape index (κ2) is 5.87. The van der Waals surface area contributed by atoms with Crippen LogP contribution in [0.3, 0.4) is 0 Å². The van der Waals surface area contributed by atoms with E-state index in [1.54, 1.807) is 6.07 Å². The highest BCUT2D eigenvalue weighted by atomic mass is 79.9. The van der Waals surface area contributed by atoms with Gasteiger partial charge in [0, 0.05) is 13.1 Å². The molecule has 0 saturated carbocycles. The summed E-state index contributed by atoms with van der Waals surface area (Å²) in [5, 5.41) is 9.46. The molecule has 1 atom stereocenters. The van der Waals surface area contributed by atoms with Gasteiger partial charge in [0.25, 0.3) is 0 Å². The number of nitrogens with zero attached hydrogens (tertiary/aromatic N) is 1. The zero-order valence-electron chi connectivity index (χ0n) is 10.3. The minimum Gasteiger partial charge on any atom is -0.507 e. The van der Waals surface area contributed by atoms with Crippen molar-refractivity contribution in [3.8, 4) is 5.75 Å². The molecule has 1 heterocycles. The van der Waals surface area contributed by atoms with Gasteiger partial charge in [-0.25, -0.2) is 0 Å². The van der Waals surface area contributed by atoms with Crippen LogP contribution in [0.4, 0.5) is 0 Å². The van der Waals surface area contributed by atoms with Crippen molar-refractivity contribution in [2.45, 2.75) is 32.7 Å². The van der Waals surface area contributed by atoms with E-state index in [9.17, 15) is 5.11 Å². The third kappa shape index (κ3) is 3.46. The van der Waals surface area contributed by atoms with Gasteiger partial charge in [-0.15, -0.1) is 0 Å². The second-order valence-corrected chi connectivity index (χ2v) is 5.82. The highest BCUT2D eigenvalue weighted by molar-refractivity contribution is 9.10. The van der Waals surface area contributed by atoms with E-state index >= 15 is 0 Å². The maximum Gasteiger partial charge on any atom is 0.129 e. The molecule has 1 aromatic carbocycles. The van der Waals surface area contributed by atoms with Gasteiger partial charge in [-0.2, -0.15) is 0 Å². The van der Waals surface area contributed by atoms with Crippen LogP contribution in [-0.4, -0.2) is 23.1 Å². The Bertz CT molecular complexity index is 380. The number of hydrogen-bond donors (Lipinski definition) is 1. The second-order valence-electron chi connectivity index (χ2n) is 4.96. The molecule has 1 aliphatic rings. The first-order chi connectivity index (χ1) is 8.19. The predicted molar refractivity (Wildman–Crippen MR) is 74.1 cm³/mol. The SMILES string of the molecule is CCCC1CCN(Cc2ccc(O)c(Br)c2)C1. The number of rotatable bonds is 4. The van der Waals surface area contributed by atoms with Crippen molar-refractivity contribution in [2.24, 2.45) is 5.92 Å². The predicted octanol–water partition coefficient (Wildman–Crippen LogP) is 3.78. The molecule has 2 rings (SSSR count). The van der Waals surface area contributed by atoms with Crippen LogP contribution in [0.2, 0.25) is 0 Å². The molecular formula is C14H20BrNO. The number of halogens is 1. The maximum absolute atomic E-state index is 9.46. The normalized spacial score (nSPS) is 20.9. The largest absolute Gasteiger partial charge is 0.507 e. The van der Waals surface area contributed by atoms with Gasteiger partial charge >= 0.3 is 0 Å². The molecule has 0 radical (unpaired) electrons. The Morgan fingerprint density at radius 3 is 3.00 bits per heavy atom. The molecule has 94 valence electrons. The number of phenols is 1. The van der Waals surface area contributed by atoms with E-state index in [0.29, 0.717) is 5.75 Å². The Balaban J connectivity index is 1.91. The lowest BCUT2D eigenvalue weighted by Gasteiger charge is -2.16. The fourth-order valence-electron chi connectivity index (χ4n) is 2.61. The maximum atomic E-state index is 9.46. The summed E-state index contributed by atoms with van der Waals surface area (Å²) in [7, 11) is 0. The molecular weight excluding hydrogens is 278 g/mol. The van der Waals surface area contributed by atoms with Crippen LogP contribution in [0.1, 0.15) is 31.7 Å². The van der Waals surface area contributed by atoms with Crippen molar-refractivity contribution < 1.29 is 5.11 Å². The molecule has 3 heteroatoms. The number of aromatic hydroxyl groups is 1. The van der Waals surface area contributed by atoms with Gasteiger partial charge in [0.2, 0.25) is 0 Å². The lowest BCUT2D eigenvalue weighted by atomic mass is 10.0. The summed E-state index contributed by atoms with van der Waals surface area (Å²) in [6.45, 7) is 5.70. The fraction of sp³-hybridized carbons (Fsp3) is 0.571. The molecule has 17 heavy (non-hydrogen) atoms. The summed E-state index contributed by atoms with van der Waals surface area (Å²) >= 11 is 3.36. The number of benzene rings is 1. The molecule has 1 fully saturated rings. The Labute approximate surface area is 112 Å². The summed E-state index contributed by atoms with van der Waals surface area (Å²) < 4.78 is 0.791. The van der Waals surface area contributed by atoms with Crippen molar-refractivity contribution in [1.82, 2.24) is 4.90 Å². The van der Waals surface area contributed by atoms with Gasteiger partial charge in [-0.05, 0) is 58.9 Å². The molecule has 2 nitrogen and oxygen atoms in total. The Kier molecular flexibility index (Phi) is 4.46. The van der Waals surface area contributed by atoms with E-state index in [-0.39, 0.29) is 0 Å². The third-order valence-electron chi connectivity index (χ3n) is 3.49. The van der Waals surface area contributed by atoms with Gasteiger partial charge in [0.15, 0.2) is 0 Å². The molecule has 0 aliphatic carbocycles. The van der Waals surface area contributed by atoms with Crippen LogP contribution in [0.25, 0.3) is 0 Å². The van der Waals surface area contributed by atoms with Gasteiger partial charge in [0.05, 0.1) is 4.47 Å². The fourth-order valence-corrected chi connectivity index (χ4v) is 3.03. The molecule has 0 aromatic heterocycles. The zero-order valence-corrected chi connectivity index (χ0v) is 11.9. The first kappa shape index (κ1) is 12.9. The topological polar surface area (TPSA) is 23.5 Å². The van der Waals surface area contributed by atoms with E-state index in [1.165, 1.54) is 37.9 Å². The van der Waals surface area contributed by atoms with Crippen LogP contribution >= 0.6 is 15.9 Å². The average molecular weight is 298 g/mol. The molecule has 0 spiro atoms. The molecule has 1 aromatic rings. The lowest BCUT2D eigenvalue weighted by molar-refractivity contribution is 0.312. The summed E-state index contributed by atoms with van der Waals surface area (Å²) in [6, 6.07) is 5.79. The Hall–Kier alpha value is -0.540. The summed E-state index contributed by atoms with van der Waals surface area (Å²) in [4.78, 5) is 2.51. The van der Waals surface area contributed by atoms with E-state index in [2.05, 4.69) is 27.8 Å². The Morgan fingerprint density at radius 1 is 1.47 bits per heavy atom. The van der Waals surface area contributed by atoms with Gasteiger partial charge in [-0.1, -0.05) is 19.4 Å². The quantitative estimate of drug-likeness (QED) is 0.914. The highest BCUT2D eigenvalue weighted by Crippen LogP contribution is 2.27. The van der Waals surface area contributed by atoms with Crippen LogP contribution in [-0.2, 0) is 6.54 Å². The van der Waals surface area contributed by atoms with E-state index < -0.39 is 0 Å². The monoisotopic (exact) mass is 297 g/mol. The van der Waals surface area contributed by atoms with Gasteiger partial charge in [-0.3, -0.25) is 4.90 Å². The molecule has 0 amide bonds. The van der Waals surface area contributed by atoms with Crippen LogP contribution in [0.15, 0.2) is 22.7 Å². The summed E-state index contributed by atoms with van der Waals surface area (Å²) in [5.74, 6) is 1.21. The number of phenolic OH excluding ortho intramolecular Hbond substituents is 1.